The lowest BCUT2D eigenvalue weighted by Crippen LogP contribution is -2.55. The van der Waals surface area contributed by atoms with Crippen LogP contribution < -0.4 is 4.74 Å². The molecule has 6 rings (SSSR count). The van der Waals surface area contributed by atoms with Crippen molar-refractivity contribution in [2.24, 2.45) is 5.10 Å². The lowest BCUT2D eigenvalue weighted by Gasteiger charge is -2.50. The summed E-state index contributed by atoms with van der Waals surface area (Å²) < 4.78 is 7.87. The van der Waals surface area contributed by atoms with Gasteiger partial charge in [0.15, 0.2) is 5.72 Å². The number of hydrogen-bond donors (Lipinski definition) is 0. The molecule has 0 aromatic heterocycles. The fraction of sp³-hybridized carbons (Fsp3) is 0.296. The normalized spacial score (nSPS) is 26.3. The van der Waals surface area contributed by atoms with Crippen LogP contribution in [-0.4, -0.2) is 16.4 Å². The van der Waals surface area contributed by atoms with Gasteiger partial charge in [0.1, 0.15) is 5.75 Å². The average Bonchev–Trinajstić information content (AvgIpc) is 3.28. The first kappa shape index (κ1) is 20.3. The van der Waals surface area contributed by atoms with E-state index in [2.05, 4.69) is 81.6 Å². The Balaban J connectivity index is 1.36. The molecular formula is C27H24BrClN2O. The number of hydrazone groups is 1. The highest BCUT2D eigenvalue weighted by Gasteiger charge is 2.52. The molecule has 0 unspecified atom stereocenters. The number of ether oxygens (including phenoxy) is 1. The van der Waals surface area contributed by atoms with Gasteiger partial charge in [-0.1, -0.05) is 70.0 Å². The van der Waals surface area contributed by atoms with Gasteiger partial charge < -0.3 is 4.74 Å². The first-order valence-corrected chi connectivity index (χ1v) is 12.4. The van der Waals surface area contributed by atoms with E-state index in [4.69, 9.17) is 21.4 Å². The molecule has 3 aromatic rings. The molecule has 0 N–H and O–H groups in total. The zero-order chi connectivity index (χ0) is 21.7. The van der Waals surface area contributed by atoms with E-state index in [9.17, 15) is 0 Å². The zero-order valence-corrected chi connectivity index (χ0v) is 20.0. The molecule has 3 aliphatic rings. The fourth-order valence-electron chi connectivity index (χ4n) is 5.53. The van der Waals surface area contributed by atoms with Crippen LogP contribution in [0, 0.1) is 0 Å². The quantitative estimate of drug-likeness (QED) is 0.355. The van der Waals surface area contributed by atoms with Crippen LogP contribution in [-0.2, 0) is 0 Å². The molecule has 162 valence electrons. The van der Waals surface area contributed by atoms with Gasteiger partial charge in [0, 0.05) is 34.3 Å². The summed E-state index contributed by atoms with van der Waals surface area (Å²) in [6.07, 6.45) is 5.01. The predicted molar refractivity (Wildman–Crippen MR) is 132 cm³/mol. The monoisotopic (exact) mass is 506 g/mol. The van der Waals surface area contributed by atoms with E-state index in [0.717, 1.165) is 58.6 Å². The third-order valence-electron chi connectivity index (χ3n) is 7.17. The van der Waals surface area contributed by atoms with Crippen LogP contribution in [0.25, 0.3) is 0 Å². The molecule has 0 saturated heterocycles. The maximum atomic E-state index is 6.79. The molecule has 1 fully saturated rings. The van der Waals surface area contributed by atoms with E-state index >= 15 is 0 Å². The lowest BCUT2D eigenvalue weighted by molar-refractivity contribution is -0.142. The fourth-order valence-corrected chi connectivity index (χ4v) is 6.03. The zero-order valence-electron chi connectivity index (χ0n) is 17.7. The van der Waals surface area contributed by atoms with Crippen molar-refractivity contribution in [2.45, 2.75) is 49.8 Å². The van der Waals surface area contributed by atoms with Crippen molar-refractivity contribution in [2.75, 3.05) is 0 Å². The Hall–Kier alpha value is -2.30. The molecule has 5 heteroatoms. The Kier molecular flexibility index (Phi) is 5.03. The summed E-state index contributed by atoms with van der Waals surface area (Å²) >= 11 is 9.78. The Morgan fingerprint density at radius 1 is 0.969 bits per heavy atom. The van der Waals surface area contributed by atoms with Gasteiger partial charge in [-0.05, 0) is 60.2 Å². The standard InChI is InChI=1S/C27H24BrClN2O/c28-21-8-11-26-23(16-21)25-17-24(20-6-9-22(29)10-7-20)30-31(25)27(32-26)14-12-19(13-15-27)18-4-2-1-3-5-18/h1-11,16,19,25H,12-15,17H2/t19?,25-,27?/m0/s1. The van der Waals surface area contributed by atoms with Crippen molar-refractivity contribution in [1.82, 2.24) is 5.01 Å². The van der Waals surface area contributed by atoms with Gasteiger partial charge in [0.05, 0.1) is 11.8 Å². The highest BCUT2D eigenvalue weighted by atomic mass is 79.9. The molecule has 0 radical (unpaired) electrons. The number of rotatable bonds is 2. The van der Waals surface area contributed by atoms with E-state index in [1.165, 1.54) is 11.1 Å². The van der Waals surface area contributed by atoms with E-state index in [-0.39, 0.29) is 11.8 Å². The number of halogens is 2. The van der Waals surface area contributed by atoms with Gasteiger partial charge >= 0.3 is 0 Å². The van der Waals surface area contributed by atoms with Gasteiger partial charge in [0.25, 0.3) is 0 Å². The van der Waals surface area contributed by atoms with Gasteiger partial charge in [-0.15, -0.1) is 0 Å². The van der Waals surface area contributed by atoms with Crippen LogP contribution in [0.1, 0.15) is 60.8 Å². The first-order chi connectivity index (χ1) is 15.6. The molecule has 0 amide bonds. The van der Waals surface area contributed by atoms with Crippen LogP contribution in [0.2, 0.25) is 5.02 Å². The number of nitrogens with zero attached hydrogens (tertiary/aromatic N) is 2. The van der Waals surface area contributed by atoms with E-state index in [0.29, 0.717) is 5.92 Å². The maximum Gasteiger partial charge on any atom is 0.198 e. The van der Waals surface area contributed by atoms with E-state index < -0.39 is 0 Å². The summed E-state index contributed by atoms with van der Waals surface area (Å²) in [5, 5.41) is 8.21. The summed E-state index contributed by atoms with van der Waals surface area (Å²) in [7, 11) is 0. The van der Waals surface area contributed by atoms with Crippen LogP contribution in [0.5, 0.6) is 5.75 Å². The maximum absolute atomic E-state index is 6.79. The Morgan fingerprint density at radius 3 is 2.47 bits per heavy atom. The second-order valence-corrected chi connectivity index (χ2v) is 10.4. The Morgan fingerprint density at radius 2 is 1.72 bits per heavy atom. The number of benzene rings is 3. The molecule has 2 aliphatic heterocycles. The molecule has 1 atom stereocenters. The van der Waals surface area contributed by atoms with Gasteiger partial charge in [0.2, 0.25) is 0 Å². The summed E-state index contributed by atoms with van der Waals surface area (Å²) in [6, 6.07) is 25.5. The molecule has 3 nitrogen and oxygen atoms in total. The third-order valence-corrected chi connectivity index (χ3v) is 7.92. The largest absolute Gasteiger partial charge is 0.466 e. The van der Waals surface area contributed by atoms with Crippen LogP contribution in [0.4, 0.5) is 0 Å². The molecule has 1 aliphatic carbocycles. The molecule has 2 heterocycles. The number of fused-ring (bicyclic) bond motifs is 4. The molecule has 0 bridgehead atoms. The van der Waals surface area contributed by atoms with Gasteiger partial charge in [-0.2, -0.15) is 5.10 Å². The molecule has 1 saturated carbocycles. The van der Waals surface area contributed by atoms with Crippen molar-refractivity contribution in [3.8, 4) is 5.75 Å². The van der Waals surface area contributed by atoms with Crippen LogP contribution >= 0.6 is 27.5 Å². The summed E-state index contributed by atoms with van der Waals surface area (Å²) in [5.74, 6) is 1.58. The van der Waals surface area contributed by atoms with Crippen molar-refractivity contribution in [1.29, 1.82) is 0 Å². The van der Waals surface area contributed by atoms with Crippen LogP contribution in [0.15, 0.2) is 82.4 Å². The van der Waals surface area contributed by atoms with Crippen molar-refractivity contribution >= 4 is 33.2 Å². The minimum Gasteiger partial charge on any atom is -0.466 e. The van der Waals surface area contributed by atoms with Crippen molar-refractivity contribution < 1.29 is 4.74 Å². The Labute approximate surface area is 202 Å². The van der Waals surface area contributed by atoms with Crippen molar-refractivity contribution in [3.05, 3.63) is 99.0 Å². The second-order valence-electron chi connectivity index (χ2n) is 9.03. The van der Waals surface area contributed by atoms with Crippen molar-refractivity contribution in [3.63, 3.8) is 0 Å². The molecule has 1 spiro atoms. The minimum absolute atomic E-state index is 0.190. The number of hydrogen-bond acceptors (Lipinski definition) is 3. The summed E-state index contributed by atoms with van der Waals surface area (Å²) in [6.45, 7) is 0. The smallest absolute Gasteiger partial charge is 0.198 e. The Bertz CT molecular complexity index is 1170. The highest BCUT2D eigenvalue weighted by Crippen LogP contribution is 2.53. The molecular weight excluding hydrogens is 484 g/mol. The summed E-state index contributed by atoms with van der Waals surface area (Å²) in [4.78, 5) is 0. The summed E-state index contributed by atoms with van der Waals surface area (Å²) in [5.41, 5.74) is 4.50. The lowest BCUT2D eigenvalue weighted by atomic mass is 9.78. The van der Waals surface area contributed by atoms with Gasteiger partial charge in [-0.3, -0.25) is 0 Å². The van der Waals surface area contributed by atoms with E-state index in [1.54, 1.807) is 0 Å². The highest BCUT2D eigenvalue weighted by molar-refractivity contribution is 9.10. The minimum atomic E-state index is -0.384. The average molecular weight is 508 g/mol. The predicted octanol–water partition coefficient (Wildman–Crippen LogP) is 7.70. The topological polar surface area (TPSA) is 24.8 Å². The first-order valence-electron chi connectivity index (χ1n) is 11.3. The van der Waals surface area contributed by atoms with Crippen LogP contribution in [0.3, 0.4) is 0 Å². The van der Waals surface area contributed by atoms with E-state index in [1.807, 2.05) is 12.1 Å². The second kappa shape index (κ2) is 7.93. The SMILES string of the molecule is Clc1ccc(C2=NN3[C@@H](C2)c2cc(Br)ccc2OC32CCC(c3ccccc3)CC2)cc1. The van der Waals surface area contributed by atoms with Gasteiger partial charge in [-0.25, -0.2) is 5.01 Å². The molecule has 32 heavy (non-hydrogen) atoms. The third kappa shape index (κ3) is 3.45. The molecule has 3 aromatic carbocycles.